The highest BCUT2D eigenvalue weighted by Crippen LogP contribution is 2.67. The molecule has 0 bridgehead atoms. The Balaban J connectivity index is 1.48. The van der Waals surface area contributed by atoms with Crippen LogP contribution >= 0.6 is 12.0 Å². The van der Waals surface area contributed by atoms with Crippen LogP contribution in [-0.2, 0) is 13.8 Å². The quantitative estimate of drug-likeness (QED) is 0.226. The van der Waals surface area contributed by atoms with Crippen LogP contribution < -0.4 is 11.5 Å². The van der Waals surface area contributed by atoms with Gasteiger partial charge in [-0.05, 0) is 104 Å². The van der Waals surface area contributed by atoms with Gasteiger partial charge in [0.05, 0.1) is 23.3 Å². The second kappa shape index (κ2) is 11.8. The average Bonchev–Trinajstić information content (AvgIpc) is 3.20. The maximum atomic E-state index is 12.0. The van der Waals surface area contributed by atoms with Crippen LogP contribution in [0.2, 0.25) is 0 Å². The van der Waals surface area contributed by atoms with E-state index in [1.165, 1.54) is 58.3 Å². The van der Waals surface area contributed by atoms with E-state index < -0.39 is 11.9 Å². The van der Waals surface area contributed by atoms with Crippen LogP contribution in [0.3, 0.4) is 0 Å². The zero-order valence-electron chi connectivity index (χ0n) is 24.8. The van der Waals surface area contributed by atoms with E-state index in [4.69, 9.17) is 15.7 Å². The number of hydrogen-bond donors (Lipinski definition) is 2. The lowest BCUT2D eigenvalue weighted by molar-refractivity contribution is -0.130. The number of carbonyl (C=O) groups is 2. The lowest BCUT2D eigenvalue weighted by atomic mass is 9.46. The second-order valence-electron chi connectivity index (χ2n) is 14.4. The van der Waals surface area contributed by atoms with Gasteiger partial charge in [-0.15, -0.1) is 0 Å². The molecule has 10 atom stereocenters. The highest BCUT2D eigenvalue weighted by atomic mass is 32.2. The van der Waals surface area contributed by atoms with Gasteiger partial charge < -0.3 is 15.7 Å². The Labute approximate surface area is 236 Å². The largest absolute Gasteiger partial charge is 0.391 e. The Kier molecular flexibility index (Phi) is 9.34. The van der Waals surface area contributed by atoms with Crippen LogP contribution in [0.5, 0.6) is 0 Å². The van der Waals surface area contributed by atoms with Gasteiger partial charge in [0.1, 0.15) is 0 Å². The summed E-state index contributed by atoms with van der Waals surface area (Å²) in [7, 11) is 0. The minimum atomic E-state index is -0.820. The van der Waals surface area contributed by atoms with Crippen molar-refractivity contribution < 1.29 is 13.8 Å². The minimum absolute atomic E-state index is 0.189. The van der Waals surface area contributed by atoms with Crippen LogP contribution in [0.4, 0.5) is 0 Å². The third kappa shape index (κ3) is 5.73. The molecule has 4 aliphatic rings. The van der Waals surface area contributed by atoms with Gasteiger partial charge >= 0.3 is 5.97 Å². The zero-order valence-corrected chi connectivity index (χ0v) is 25.7. The van der Waals surface area contributed by atoms with Crippen molar-refractivity contribution in [3.8, 4) is 0 Å². The van der Waals surface area contributed by atoms with Crippen LogP contribution in [0.25, 0.3) is 0 Å². The van der Waals surface area contributed by atoms with Crippen LogP contribution in [-0.4, -0.2) is 23.2 Å². The van der Waals surface area contributed by atoms with Gasteiger partial charge in [0, 0.05) is 6.92 Å². The maximum Gasteiger partial charge on any atom is 0.314 e. The van der Waals surface area contributed by atoms with E-state index in [-0.39, 0.29) is 22.6 Å². The van der Waals surface area contributed by atoms with E-state index in [9.17, 15) is 9.59 Å². The Morgan fingerprint density at radius 1 is 1.08 bits per heavy atom. The number of rotatable bonds is 10. The number of allylic oxidation sites excluding steroid dienone is 2. The van der Waals surface area contributed by atoms with Crippen molar-refractivity contribution in [3.63, 3.8) is 0 Å². The molecule has 4 rings (SSSR count). The fourth-order valence-electron chi connectivity index (χ4n) is 9.71. The molecule has 4 aliphatic carbocycles. The van der Waals surface area contributed by atoms with Gasteiger partial charge in [-0.25, -0.2) is 0 Å². The van der Waals surface area contributed by atoms with E-state index in [0.717, 1.165) is 66.8 Å². The number of carbonyl (C=O) groups excluding carboxylic acids is 2. The molecule has 0 aliphatic heterocycles. The van der Waals surface area contributed by atoms with Crippen molar-refractivity contribution >= 4 is 23.9 Å². The first-order valence-corrected chi connectivity index (χ1v) is 16.3. The standard InChI is InChI=1S/C32H54N2O3S/c1-19(2)8-7-9-20(3)25-12-13-26-24-11-10-23-18-22(29(28(33)30(34)36)38-37-21(4)35)14-16-31(23,5)27(24)15-17-32(25,26)6/h10,19-20,22,24-29H,7-9,11-18,33H2,1-6H3,(H2,34,36)/t20-,22?,24?,25-,26?,27?,28+,29?,31+,32-/m1/s1. The van der Waals surface area contributed by atoms with Crippen LogP contribution in [0, 0.1) is 52.3 Å². The molecule has 0 aromatic carbocycles. The van der Waals surface area contributed by atoms with Crippen molar-refractivity contribution in [1.29, 1.82) is 0 Å². The molecule has 0 radical (unpaired) electrons. The summed E-state index contributed by atoms with van der Waals surface area (Å²) in [6.07, 6.45) is 16.5. The van der Waals surface area contributed by atoms with Crippen LogP contribution in [0.15, 0.2) is 11.6 Å². The van der Waals surface area contributed by atoms with Crippen LogP contribution in [0.1, 0.15) is 112 Å². The zero-order chi connectivity index (χ0) is 27.8. The normalized spacial score (nSPS) is 38.8. The topological polar surface area (TPSA) is 95.4 Å². The van der Waals surface area contributed by atoms with Gasteiger partial charge in [0.25, 0.3) is 0 Å². The maximum absolute atomic E-state index is 12.0. The predicted octanol–water partition coefficient (Wildman–Crippen LogP) is 7.04. The number of fused-ring (bicyclic) bond motifs is 5. The molecule has 0 aromatic heterocycles. The lowest BCUT2D eigenvalue weighted by Gasteiger charge is -2.59. The molecule has 0 heterocycles. The number of primary amides is 1. The fraction of sp³-hybridized carbons (Fsp3) is 0.875. The molecular formula is C32H54N2O3S. The molecule has 1 amide bonds. The van der Waals surface area contributed by atoms with E-state index in [2.05, 4.69) is 40.7 Å². The first-order chi connectivity index (χ1) is 17.9. The molecule has 0 saturated heterocycles. The smallest absolute Gasteiger partial charge is 0.314 e. The van der Waals surface area contributed by atoms with Crippen molar-refractivity contribution in [3.05, 3.63) is 11.6 Å². The summed E-state index contributed by atoms with van der Waals surface area (Å²) in [4.78, 5) is 23.5. The lowest BCUT2D eigenvalue weighted by Crippen LogP contribution is -2.52. The summed E-state index contributed by atoms with van der Waals surface area (Å²) in [5.74, 6) is 4.22. The monoisotopic (exact) mass is 546 g/mol. The molecule has 5 nitrogen and oxygen atoms in total. The Bertz CT molecular complexity index is 905. The van der Waals surface area contributed by atoms with Gasteiger partial charge in [0.2, 0.25) is 5.91 Å². The molecule has 4 N–H and O–H groups in total. The van der Waals surface area contributed by atoms with Crippen molar-refractivity contribution in [2.75, 3.05) is 0 Å². The van der Waals surface area contributed by atoms with Crippen molar-refractivity contribution in [1.82, 2.24) is 0 Å². The Hall–Kier alpha value is -1.01. The summed E-state index contributed by atoms with van der Waals surface area (Å²) in [6, 6.07) is -0.820. The van der Waals surface area contributed by atoms with Crippen molar-refractivity contribution in [2.24, 2.45) is 63.7 Å². The summed E-state index contributed by atoms with van der Waals surface area (Å²) >= 11 is 1.05. The molecule has 0 aromatic rings. The molecule has 6 heteroatoms. The van der Waals surface area contributed by atoms with Gasteiger partial charge in [-0.2, -0.15) is 0 Å². The highest BCUT2D eigenvalue weighted by Gasteiger charge is 2.59. The molecule has 3 saturated carbocycles. The molecule has 216 valence electrons. The summed E-state index contributed by atoms with van der Waals surface area (Å²) < 4.78 is 5.27. The molecular weight excluding hydrogens is 492 g/mol. The summed E-state index contributed by atoms with van der Waals surface area (Å²) in [6.45, 7) is 13.8. The SMILES string of the molecule is CC(=O)OSC(C1CC[C@@]2(C)C(=CCC3C2CC[C@@]2(C)C3CC[C@@H]2[C@H](C)CCCC(C)C)C1)[C@H](N)C(N)=O. The third-order valence-corrected chi connectivity index (χ3v) is 13.0. The third-order valence-electron chi connectivity index (χ3n) is 11.8. The van der Waals surface area contributed by atoms with E-state index in [0.29, 0.717) is 5.41 Å². The first-order valence-electron chi connectivity index (χ1n) is 15.5. The summed E-state index contributed by atoms with van der Waals surface area (Å²) in [5.41, 5.74) is 14.1. The second-order valence-corrected chi connectivity index (χ2v) is 15.3. The number of amides is 1. The molecule has 38 heavy (non-hydrogen) atoms. The fourth-order valence-corrected chi connectivity index (χ4v) is 10.6. The molecule has 5 unspecified atom stereocenters. The highest BCUT2D eigenvalue weighted by molar-refractivity contribution is 7.95. The Morgan fingerprint density at radius 3 is 2.47 bits per heavy atom. The minimum Gasteiger partial charge on any atom is -0.391 e. The van der Waals surface area contributed by atoms with Crippen molar-refractivity contribution in [2.45, 2.75) is 123 Å². The number of nitrogens with two attached hydrogens (primary N) is 2. The van der Waals surface area contributed by atoms with Gasteiger partial charge in [-0.1, -0.05) is 65.5 Å². The number of hydrogen-bond acceptors (Lipinski definition) is 5. The average molecular weight is 547 g/mol. The van der Waals surface area contributed by atoms with E-state index in [1.807, 2.05) is 0 Å². The molecule has 3 fully saturated rings. The predicted molar refractivity (Wildman–Crippen MR) is 157 cm³/mol. The van der Waals surface area contributed by atoms with E-state index in [1.54, 1.807) is 5.57 Å². The van der Waals surface area contributed by atoms with Gasteiger partial charge in [0.15, 0.2) is 0 Å². The molecule has 0 spiro atoms. The van der Waals surface area contributed by atoms with E-state index >= 15 is 0 Å². The summed E-state index contributed by atoms with van der Waals surface area (Å²) in [5, 5.41) is -0.304. The first kappa shape index (κ1) is 30.0. The van der Waals surface area contributed by atoms with Gasteiger partial charge in [-0.3, -0.25) is 9.59 Å². The Morgan fingerprint density at radius 2 is 1.82 bits per heavy atom.